The summed E-state index contributed by atoms with van der Waals surface area (Å²) < 4.78 is 16.5. The van der Waals surface area contributed by atoms with Crippen molar-refractivity contribution in [2.75, 3.05) is 13.2 Å². The number of allylic oxidation sites excluding steroid dienone is 20. The minimum absolute atomic E-state index is 0.138. The van der Waals surface area contributed by atoms with Crippen LogP contribution in [0.4, 0.5) is 0 Å². The molecule has 0 aromatic carbocycles. The summed E-state index contributed by atoms with van der Waals surface area (Å²) in [5.41, 5.74) is 0. The van der Waals surface area contributed by atoms with Gasteiger partial charge in [-0.05, 0) is 89.9 Å². The van der Waals surface area contributed by atoms with E-state index in [0.717, 1.165) is 70.6 Å². The van der Waals surface area contributed by atoms with Crippen LogP contribution in [0.5, 0.6) is 0 Å². The average molecular weight is 717 g/mol. The largest absolute Gasteiger partial charge is 0.462 e. The fourth-order valence-corrected chi connectivity index (χ4v) is 4.46. The molecule has 1 unspecified atom stereocenters. The second kappa shape index (κ2) is 39.6. The fourth-order valence-electron chi connectivity index (χ4n) is 4.46. The molecule has 0 aliphatic heterocycles. The van der Waals surface area contributed by atoms with Gasteiger partial charge in [0.2, 0.25) is 0 Å². The molecule has 0 saturated heterocycles. The van der Waals surface area contributed by atoms with Crippen molar-refractivity contribution in [3.05, 3.63) is 122 Å². The highest BCUT2D eigenvalue weighted by molar-refractivity contribution is 5.71. The van der Waals surface area contributed by atoms with Crippen molar-refractivity contribution in [3.63, 3.8) is 0 Å². The molecular formula is C46H68O6. The van der Waals surface area contributed by atoms with Crippen molar-refractivity contribution in [1.82, 2.24) is 0 Å². The van der Waals surface area contributed by atoms with Crippen LogP contribution in [0.2, 0.25) is 0 Å². The molecule has 0 heterocycles. The van der Waals surface area contributed by atoms with Crippen LogP contribution < -0.4 is 0 Å². The molecule has 0 rings (SSSR count). The van der Waals surface area contributed by atoms with Gasteiger partial charge in [-0.25, -0.2) is 0 Å². The van der Waals surface area contributed by atoms with E-state index in [9.17, 15) is 14.4 Å². The van der Waals surface area contributed by atoms with E-state index in [-0.39, 0.29) is 50.4 Å². The Morgan fingerprint density at radius 3 is 1.29 bits per heavy atom. The standard InChI is InChI=1S/C46H68O6/c1-4-7-10-13-16-19-21-23-25-27-30-33-36-39-45(48)51-42-43(41-50-44(47)38-35-32-29-26-18-15-12-9-6-3)52-46(49)40-37-34-31-28-24-22-20-17-14-11-8-5-2/h7-13,16-21,23-28,30,43H,4-6,14-15,22,29,31-42H2,1-3H3/b10-7-,11-8-,12-9-,16-13-,20-17-,21-19-,25-23-,26-18-,28-24-,30-27-. The van der Waals surface area contributed by atoms with Crippen molar-refractivity contribution >= 4 is 17.9 Å². The van der Waals surface area contributed by atoms with Gasteiger partial charge in [-0.15, -0.1) is 0 Å². The number of ether oxygens (including phenoxy) is 3. The van der Waals surface area contributed by atoms with E-state index < -0.39 is 6.10 Å². The molecule has 0 aliphatic carbocycles. The van der Waals surface area contributed by atoms with Crippen molar-refractivity contribution in [3.8, 4) is 0 Å². The first kappa shape index (κ1) is 47.8. The minimum atomic E-state index is -0.839. The van der Waals surface area contributed by atoms with Gasteiger partial charge in [-0.1, -0.05) is 142 Å². The van der Waals surface area contributed by atoms with Crippen LogP contribution in [0.1, 0.15) is 130 Å². The van der Waals surface area contributed by atoms with Crippen LogP contribution in [-0.4, -0.2) is 37.2 Å². The summed E-state index contributed by atoms with van der Waals surface area (Å²) in [6.45, 7) is 6.06. The van der Waals surface area contributed by atoms with Crippen molar-refractivity contribution in [2.45, 2.75) is 136 Å². The summed E-state index contributed by atoms with van der Waals surface area (Å²) in [5, 5.41) is 0. The number of esters is 3. The molecule has 0 spiro atoms. The van der Waals surface area contributed by atoms with Gasteiger partial charge in [0.15, 0.2) is 6.10 Å². The van der Waals surface area contributed by atoms with Gasteiger partial charge < -0.3 is 14.2 Å². The van der Waals surface area contributed by atoms with E-state index in [1.54, 1.807) is 0 Å². The Morgan fingerprint density at radius 1 is 0.404 bits per heavy atom. The molecule has 52 heavy (non-hydrogen) atoms. The summed E-state index contributed by atoms with van der Waals surface area (Å²) >= 11 is 0. The predicted molar refractivity (Wildman–Crippen MR) is 219 cm³/mol. The van der Waals surface area contributed by atoms with E-state index in [1.807, 2.05) is 54.7 Å². The topological polar surface area (TPSA) is 78.9 Å². The van der Waals surface area contributed by atoms with Crippen LogP contribution in [0.25, 0.3) is 0 Å². The molecule has 0 aromatic rings. The van der Waals surface area contributed by atoms with Crippen LogP contribution in [0, 0.1) is 0 Å². The first-order valence-corrected chi connectivity index (χ1v) is 19.6. The number of carbonyl (C=O) groups is 3. The zero-order valence-electron chi connectivity index (χ0n) is 32.5. The molecule has 0 aliphatic rings. The van der Waals surface area contributed by atoms with E-state index in [2.05, 4.69) is 87.6 Å². The number of carbonyl (C=O) groups excluding carboxylic acids is 3. The van der Waals surface area contributed by atoms with Gasteiger partial charge in [-0.3, -0.25) is 14.4 Å². The Morgan fingerprint density at radius 2 is 0.788 bits per heavy atom. The Balaban J connectivity index is 4.64. The molecule has 288 valence electrons. The summed E-state index contributed by atoms with van der Waals surface area (Å²) in [5.74, 6) is -1.11. The monoisotopic (exact) mass is 717 g/mol. The molecule has 0 N–H and O–H groups in total. The highest BCUT2D eigenvalue weighted by atomic mass is 16.6. The lowest BCUT2D eigenvalue weighted by Crippen LogP contribution is -2.30. The van der Waals surface area contributed by atoms with E-state index >= 15 is 0 Å². The molecule has 0 saturated carbocycles. The minimum Gasteiger partial charge on any atom is -0.462 e. The first-order valence-electron chi connectivity index (χ1n) is 19.6. The third-order valence-corrected chi connectivity index (χ3v) is 7.32. The zero-order chi connectivity index (χ0) is 38.0. The van der Waals surface area contributed by atoms with E-state index in [0.29, 0.717) is 19.3 Å². The lowest BCUT2D eigenvalue weighted by Gasteiger charge is -2.18. The van der Waals surface area contributed by atoms with E-state index in [4.69, 9.17) is 14.2 Å². The lowest BCUT2D eigenvalue weighted by atomic mass is 10.2. The maximum atomic E-state index is 12.6. The third kappa shape index (κ3) is 37.1. The number of unbranched alkanes of at least 4 members (excludes halogenated alkanes) is 5. The SMILES string of the molecule is CC\C=C/C=C\C=C/C=C\C=C/CCCC(=O)OCC(COC(=O)CCCC/C=C\C/C=C\CC)OC(=O)CCCC/C=C\C/C=C\C/C=C\CC. The molecule has 0 amide bonds. The third-order valence-electron chi connectivity index (χ3n) is 7.32. The maximum Gasteiger partial charge on any atom is 0.306 e. The second-order valence-corrected chi connectivity index (χ2v) is 12.2. The van der Waals surface area contributed by atoms with Crippen molar-refractivity contribution in [2.24, 2.45) is 0 Å². The highest BCUT2D eigenvalue weighted by Gasteiger charge is 2.19. The Bertz CT molecular complexity index is 1190. The summed E-state index contributed by atoms with van der Waals surface area (Å²) in [7, 11) is 0. The quantitative estimate of drug-likeness (QED) is 0.0227. The summed E-state index contributed by atoms with van der Waals surface area (Å²) in [4.78, 5) is 37.4. The Kier molecular flexibility index (Phi) is 36.4. The number of hydrogen-bond acceptors (Lipinski definition) is 6. The maximum absolute atomic E-state index is 12.6. The van der Waals surface area contributed by atoms with Crippen molar-refractivity contribution in [1.29, 1.82) is 0 Å². The average Bonchev–Trinajstić information content (AvgIpc) is 3.14. The molecule has 6 heteroatoms. The van der Waals surface area contributed by atoms with Gasteiger partial charge in [0, 0.05) is 19.3 Å². The van der Waals surface area contributed by atoms with Crippen LogP contribution in [0.3, 0.4) is 0 Å². The summed E-state index contributed by atoms with van der Waals surface area (Å²) in [6, 6.07) is 0. The fraction of sp³-hybridized carbons (Fsp3) is 0.500. The lowest BCUT2D eigenvalue weighted by molar-refractivity contribution is -0.167. The van der Waals surface area contributed by atoms with E-state index in [1.165, 1.54) is 0 Å². The Labute approximate surface area is 316 Å². The highest BCUT2D eigenvalue weighted by Crippen LogP contribution is 2.09. The van der Waals surface area contributed by atoms with Gasteiger partial charge in [-0.2, -0.15) is 0 Å². The van der Waals surface area contributed by atoms with Gasteiger partial charge in [0.25, 0.3) is 0 Å². The van der Waals surface area contributed by atoms with Crippen LogP contribution >= 0.6 is 0 Å². The number of rotatable bonds is 32. The van der Waals surface area contributed by atoms with Crippen LogP contribution in [-0.2, 0) is 28.6 Å². The molecule has 0 fully saturated rings. The molecule has 0 radical (unpaired) electrons. The number of hydrogen-bond donors (Lipinski definition) is 0. The van der Waals surface area contributed by atoms with Crippen LogP contribution in [0.15, 0.2) is 122 Å². The first-order chi connectivity index (χ1) is 25.5. The molecule has 0 bridgehead atoms. The summed E-state index contributed by atoms with van der Waals surface area (Å²) in [6.07, 6.45) is 53.5. The normalized spacial score (nSPS) is 13.4. The Hall–Kier alpha value is -4.19. The van der Waals surface area contributed by atoms with Crippen molar-refractivity contribution < 1.29 is 28.6 Å². The smallest absolute Gasteiger partial charge is 0.306 e. The predicted octanol–water partition coefficient (Wildman–Crippen LogP) is 12.2. The van der Waals surface area contributed by atoms with Gasteiger partial charge >= 0.3 is 17.9 Å². The molecule has 1 atom stereocenters. The van der Waals surface area contributed by atoms with Gasteiger partial charge in [0.05, 0.1) is 0 Å². The van der Waals surface area contributed by atoms with Gasteiger partial charge in [0.1, 0.15) is 13.2 Å². The molecule has 0 aromatic heterocycles. The second-order valence-electron chi connectivity index (χ2n) is 12.2. The molecular weight excluding hydrogens is 648 g/mol. The molecule has 6 nitrogen and oxygen atoms in total. The zero-order valence-corrected chi connectivity index (χ0v) is 32.5.